The van der Waals surface area contributed by atoms with E-state index in [1.54, 1.807) is 0 Å². The average Bonchev–Trinajstić information content (AvgIpc) is 2.87. The van der Waals surface area contributed by atoms with Gasteiger partial charge in [0.2, 0.25) is 0 Å². The minimum atomic E-state index is -0.583. The molecular weight excluding hydrogens is 226 g/mol. The molecule has 2 fully saturated rings. The molecule has 3 heteroatoms. The van der Waals surface area contributed by atoms with Gasteiger partial charge in [0.25, 0.3) is 0 Å². The molecule has 18 heavy (non-hydrogen) atoms. The molecule has 1 aliphatic heterocycles. The number of rotatable bonds is 3. The topological polar surface area (TPSA) is 40.5 Å². The van der Waals surface area contributed by atoms with Crippen molar-refractivity contribution in [1.29, 1.82) is 0 Å². The van der Waals surface area contributed by atoms with Crippen LogP contribution in [0.2, 0.25) is 0 Å². The van der Waals surface area contributed by atoms with E-state index >= 15 is 0 Å². The lowest BCUT2D eigenvalue weighted by atomic mass is 9.81. The van der Waals surface area contributed by atoms with Crippen LogP contribution >= 0.6 is 0 Å². The molecule has 3 nitrogen and oxygen atoms in total. The second kappa shape index (κ2) is 4.39. The Labute approximate surface area is 107 Å². The minimum absolute atomic E-state index is 0.360. The highest BCUT2D eigenvalue weighted by atomic mass is 16.4. The zero-order valence-corrected chi connectivity index (χ0v) is 10.5. The van der Waals surface area contributed by atoms with Crippen molar-refractivity contribution in [3.63, 3.8) is 0 Å². The molecule has 2 aliphatic rings. The first-order valence-corrected chi connectivity index (χ1v) is 6.70. The van der Waals surface area contributed by atoms with Gasteiger partial charge < -0.3 is 5.11 Å². The Bertz CT molecular complexity index is 445. The smallest absolute Gasteiger partial charge is 0.311 e. The maximum Gasteiger partial charge on any atom is 0.311 e. The molecule has 0 aromatic heterocycles. The average molecular weight is 245 g/mol. The standard InChI is InChI=1S/C15H19NO2/c17-14(18)15-8-4-7-13(15)10-16(11-15)9-12-5-2-1-3-6-12/h1-3,5-6,13H,4,7-11H2,(H,17,18)/t13-,15-/m0/s1. The molecule has 1 N–H and O–H groups in total. The van der Waals surface area contributed by atoms with Crippen LogP contribution < -0.4 is 0 Å². The molecule has 0 radical (unpaired) electrons. The van der Waals surface area contributed by atoms with Crippen LogP contribution in [0.1, 0.15) is 24.8 Å². The van der Waals surface area contributed by atoms with E-state index in [2.05, 4.69) is 17.0 Å². The summed E-state index contributed by atoms with van der Waals surface area (Å²) in [6.07, 6.45) is 3.02. The third kappa shape index (κ3) is 1.83. The summed E-state index contributed by atoms with van der Waals surface area (Å²) in [5.41, 5.74) is 0.826. The predicted octanol–water partition coefficient (Wildman–Crippen LogP) is 2.37. The second-order valence-corrected chi connectivity index (χ2v) is 5.71. The van der Waals surface area contributed by atoms with Crippen molar-refractivity contribution in [2.24, 2.45) is 11.3 Å². The maximum absolute atomic E-state index is 11.6. The number of benzene rings is 1. The first kappa shape index (κ1) is 11.7. The molecular formula is C15H19NO2. The molecule has 1 aromatic carbocycles. The summed E-state index contributed by atoms with van der Waals surface area (Å²) >= 11 is 0. The SMILES string of the molecule is O=C(O)[C@]12CCC[C@H]1CN(Cc1ccccc1)C2. The highest BCUT2D eigenvalue weighted by molar-refractivity contribution is 5.76. The fourth-order valence-electron chi connectivity index (χ4n) is 3.71. The maximum atomic E-state index is 11.6. The highest BCUT2D eigenvalue weighted by Crippen LogP contribution is 2.49. The first-order chi connectivity index (χ1) is 8.71. The van der Waals surface area contributed by atoms with Gasteiger partial charge in [-0.2, -0.15) is 0 Å². The Hall–Kier alpha value is -1.35. The van der Waals surface area contributed by atoms with Gasteiger partial charge in [-0.15, -0.1) is 0 Å². The summed E-state index contributed by atoms with van der Waals surface area (Å²) < 4.78 is 0. The zero-order chi connectivity index (χ0) is 12.6. The van der Waals surface area contributed by atoms with Crippen molar-refractivity contribution in [3.05, 3.63) is 35.9 Å². The molecule has 96 valence electrons. The molecule has 0 amide bonds. The van der Waals surface area contributed by atoms with E-state index in [0.717, 1.165) is 38.9 Å². The lowest BCUT2D eigenvalue weighted by molar-refractivity contribution is -0.149. The first-order valence-electron chi connectivity index (χ1n) is 6.70. The van der Waals surface area contributed by atoms with Gasteiger partial charge in [0.1, 0.15) is 0 Å². The number of hydrogen-bond acceptors (Lipinski definition) is 2. The fraction of sp³-hybridized carbons (Fsp3) is 0.533. The molecule has 1 saturated carbocycles. The lowest BCUT2D eigenvalue weighted by Gasteiger charge is -2.23. The summed E-state index contributed by atoms with van der Waals surface area (Å²) in [4.78, 5) is 13.9. The minimum Gasteiger partial charge on any atom is -0.481 e. The monoisotopic (exact) mass is 245 g/mol. The molecule has 3 rings (SSSR count). The molecule has 0 bridgehead atoms. The van der Waals surface area contributed by atoms with E-state index in [0.29, 0.717) is 5.92 Å². The summed E-state index contributed by atoms with van der Waals surface area (Å²) in [5, 5.41) is 9.53. The molecule has 0 unspecified atom stereocenters. The van der Waals surface area contributed by atoms with Gasteiger partial charge in [-0.05, 0) is 24.3 Å². The number of carbonyl (C=O) groups is 1. The molecule has 2 atom stereocenters. The number of nitrogens with zero attached hydrogens (tertiary/aromatic N) is 1. The van der Waals surface area contributed by atoms with Crippen molar-refractivity contribution in [3.8, 4) is 0 Å². The van der Waals surface area contributed by atoms with Crippen molar-refractivity contribution >= 4 is 5.97 Å². The summed E-state index contributed by atoms with van der Waals surface area (Å²) in [6, 6.07) is 10.3. The van der Waals surface area contributed by atoms with Crippen LogP contribution in [0.4, 0.5) is 0 Å². The van der Waals surface area contributed by atoms with E-state index in [1.165, 1.54) is 5.56 Å². The van der Waals surface area contributed by atoms with Crippen LogP contribution in [-0.4, -0.2) is 29.1 Å². The van der Waals surface area contributed by atoms with Crippen LogP contribution in [0, 0.1) is 11.3 Å². The predicted molar refractivity (Wildman–Crippen MR) is 69.1 cm³/mol. The number of aliphatic carboxylic acids is 1. The van der Waals surface area contributed by atoms with E-state index in [9.17, 15) is 9.90 Å². The number of carboxylic acid groups (broad SMARTS) is 1. The fourth-order valence-corrected chi connectivity index (χ4v) is 3.71. The van der Waals surface area contributed by atoms with Gasteiger partial charge in [-0.25, -0.2) is 0 Å². The Morgan fingerprint density at radius 2 is 2.17 bits per heavy atom. The van der Waals surface area contributed by atoms with Crippen molar-refractivity contribution in [2.45, 2.75) is 25.8 Å². The molecule has 0 spiro atoms. The lowest BCUT2D eigenvalue weighted by Crippen LogP contribution is -2.35. The van der Waals surface area contributed by atoms with Gasteiger partial charge in [-0.1, -0.05) is 36.8 Å². The third-order valence-electron chi connectivity index (χ3n) is 4.62. The zero-order valence-electron chi connectivity index (χ0n) is 10.5. The molecule has 1 aromatic rings. The summed E-state index contributed by atoms with van der Waals surface area (Å²) in [7, 11) is 0. The van der Waals surface area contributed by atoms with Crippen LogP contribution in [0.25, 0.3) is 0 Å². The van der Waals surface area contributed by atoms with Crippen LogP contribution in [0.15, 0.2) is 30.3 Å². The Morgan fingerprint density at radius 3 is 2.83 bits per heavy atom. The van der Waals surface area contributed by atoms with E-state index in [-0.39, 0.29) is 0 Å². The molecule has 1 saturated heterocycles. The van der Waals surface area contributed by atoms with Gasteiger partial charge in [0.05, 0.1) is 5.41 Å². The van der Waals surface area contributed by atoms with Crippen LogP contribution in [-0.2, 0) is 11.3 Å². The van der Waals surface area contributed by atoms with E-state index in [4.69, 9.17) is 0 Å². The Kier molecular flexibility index (Phi) is 2.86. The summed E-state index contributed by atoms with van der Waals surface area (Å²) in [5.74, 6) is -0.223. The van der Waals surface area contributed by atoms with Gasteiger partial charge >= 0.3 is 5.97 Å². The Morgan fingerprint density at radius 1 is 1.39 bits per heavy atom. The third-order valence-corrected chi connectivity index (χ3v) is 4.62. The number of carboxylic acids is 1. The number of fused-ring (bicyclic) bond motifs is 1. The quantitative estimate of drug-likeness (QED) is 0.888. The molecule has 1 heterocycles. The van der Waals surface area contributed by atoms with Crippen LogP contribution in [0.3, 0.4) is 0 Å². The summed E-state index contributed by atoms with van der Waals surface area (Å²) in [6.45, 7) is 2.55. The number of likely N-dealkylation sites (tertiary alicyclic amines) is 1. The van der Waals surface area contributed by atoms with E-state index in [1.807, 2.05) is 18.2 Å². The van der Waals surface area contributed by atoms with Gasteiger partial charge in [0.15, 0.2) is 0 Å². The van der Waals surface area contributed by atoms with Gasteiger partial charge in [-0.3, -0.25) is 9.69 Å². The van der Waals surface area contributed by atoms with E-state index < -0.39 is 11.4 Å². The Balaban J connectivity index is 1.73. The normalized spacial score (nSPS) is 31.4. The largest absolute Gasteiger partial charge is 0.481 e. The van der Waals surface area contributed by atoms with Crippen molar-refractivity contribution in [1.82, 2.24) is 4.90 Å². The van der Waals surface area contributed by atoms with Crippen molar-refractivity contribution in [2.75, 3.05) is 13.1 Å². The molecule has 1 aliphatic carbocycles. The van der Waals surface area contributed by atoms with Crippen molar-refractivity contribution < 1.29 is 9.90 Å². The van der Waals surface area contributed by atoms with Gasteiger partial charge in [0, 0.05) is 19.6 Å². The number of hydrogen-bond donors (Lipinski definition) is 1. The second-order valence-electron chi connectivity index (χ2n) is 5.71. The van der Waals surface area contributed by atoms with Crippen LogP contribution in [0.5, 0.6) is 0 Å². The highest BCUT2D eigenvalue weighted by Gasteiger charge is 2.54.